The Kier molecular flexibility index (Phi) is 4.13. The molecule has 1 heterocycles. The number of halogens is 2. The van der Waals surface area contributed by atoms with Crippen LogP contribution in [0.1, 0.15) is 25.8 Å². The van der Waals surface area contributed by atoms with Crippen molar-refractivity contribution < 1.29 is 14.3 Å². The maximum Gasteiger partial charge on any atom is 0.313 e. The van der Waals surface area contributed by atoms with Crippen LogP contribution in [0.25, 0.3) is 11.0 Å². The zero-order valence-corrected chi connectivity index (χ0v) is 14.3. The van der Waals surface area contributed by atoms with E-state index in [-0.39, 0.29) is 11.6 Å². The Hall–Kier alpha value is -0.830. The van der Waals surface area contributed by atoms with Crippen molar-refractivity contribution in [3.63, 3.8) is 0 Å². The van der Waals surface area contributed by atoms with Gasteiger partial charge in [-0.1, -0.05) is 25.1 Å². The molecule has 0 spiro atoms. The van der Waals surface area contributed by atoms with Crippen molar-refractivity contribution in [2.24, 2.45) is 5.92 Å². The van der Waals surface area contributed by atoms with Gasteiger partial charge in [0.2, 0.25) is 0 Å². The van der Waals surface area contributed by atoms with Gasteiger partial charge < -0.3 is 9.67 Å². The second kappa shape index (κ2) is 5.75. The number of thioether (sulfide) groups is 1. The van der Waals surface area contributed by atoms with Crippen molar-refractivity contribution in [1.82, 2.24) is 9.55 Å². The number of benzene rings is 1. The van der Waals surface area contributed by atoms with Crippen LogP contribution in [-0.2, 0) is 4.79 Å². The largest absolute Gasteiger partial charge is 0.481 e. The predicted octanol–water partition coefficient (Wildman–Crippen LogP) is 3.93. The Morgan fingerprint density at radius 2 is 2.38 bits per heavy atom. The van der Waals surface area contributed by atoms with Gasteiger partial charge in [-0.15, -0.1) is 0 Å². The zero-order valence-electron chi connectivity index (χ0n) is 11.3. The third-order valence-corrected chi connectivity index (χ3v) is 5.53. The van der Waals surface area contributed by atoms with Crippen LogP contribution >= 0.6 is 34.4 Å². The van der Waals surface area contributed by atoms with E-state index in [4.69, 9.17) is 5.11 Å². The molecule has 0 amide bonds. The maximum atomic E-state index is 13.9. The van der Waals surface area contributed by atoms with E-state index in [2.05, 4.69) is 11.9 Å². The van der Waals surface area contributed by atoms with Crippen LogP contribution in [0.2, 0.25) is 0 Å². The Morgan fingerprint density at radius 1 is 1.62 bits per heavy atom. The van der Waals surface area contributed by atoms with Gasteiger partial charge in [-0.25, -0.2) is 9.37 Å². The lowest BCUT2D eigenvalue weighted by atomic mass is 10.3. The molecule has 112 valence electrons. The summed E-state index contributed by atoms with van der Waals surface area (Å²) >= 11 is 3.15. The molecule has 0 saturated heterocycles. The number of fused-ring (bicyclic) bond motifs is 1. The Bertz CT molecular complexity index is 719. The highest BCUT2D eigenvalue weighted by atomic mass is 127. The van der Waals surface area contributed by atoms with Crippen molar-refractivity contribution in [3.05, 3.63) is 21.5 Å². The Balaban J connectivity index is 2.07. The topological polar surface area (TPSA) is 55.1 Å². The number of carboxylic acids is 1. The second-order valence-corrected chi connectivity index (χ2v) is 7.28. The summed E-state index contributed by atoms with van der Waals surface area (Å²) in [6, 6.07) is 3.55. The molecule has 1 saturated carbocycles. The molecule has 2 unspecified atom stereocenters. The van der Waals surface area contributed by atoms with Crippen molar-refractivity contribution in [3.8, 4) is 0 Å². The van der Waals surface area contributed by atoms with Crippen molar-refractivity contribution >= 4 is 51.4 Å². The van der Waals surface area contributed by atoms with E-state index in [1.54, 1.807) is 6.07 Å². The summed E-state index contributed by atoms with van der Waals surface area (Å²) in [7, 11) is 0. The number of nitrogens with zero attached hydrogens (tertiary/aromatic N) is 2. The number of rotatable bonds is 5. The molecule has 1 aliphatic rings. The quantitative estimate of drug-likeness (QED) is 0.589. The van der Waals surface area contributed by atoms with Crippen LogP contribution < -0.4 is 0 Å². The first-order valence-electron chi connectivity index (χ1n) is 6.72. The number of aromatic nitrogens is 2. The third-order valence-electron chi connectivity index (χ3n) is 3.77. The number of carbonyl (C=O) groups is 1. The molecule has 3 rings (SSSR count). The summed E-state index contributed by atoms with van der Waals surface area (Å²) in [4.78, 5) is 15.3. The molecule has 0 radical (unpaired) electrons. The average Bonchev–Trinajstić information content (AvgIpc) is 3.13. The van der Waals surface area contributed by atoms with E-state index in [1.165, 1.54) is 17.8 Å². The maximum absolute atomic E-state index is 13.9. The van der Waals surface area contributed by atoms with Gasteiger partial charge in [0.15, 0.2) is 5.16 Å². The molecule has 0 bridgehead atoms. The van der Waals surface area contributed by atoms with Crippen molar-refractivity contribution in [2.45, 2.75) is 31.0 Å². The smallest absolute Gasteiger partial charge is 0.313 e. The summed E-state index contributed by atoms with van der Waals surface area (Å²) in [6.07, 6.45) is 2.12. The number of hydrogen-bond acceptors (Lipinski definition) is 3. The highest BCUT2D eigenvalue weighted by Crippen LogP contribution is 2.49. The zero-order chi connectivity index (χ0) is 15.1. The molecule has 1 aromatic heterocycles. The molecule has 21 heavy (non-hydrogen) atoms. The van der Waals surface area contributed by atoms with E-state index in [9.17, 15) is 9.18 Å². The first kappa shape index (κ1) is 15.1. The Morgan fingerprint density at radius 3 is 3.00 bits per heavy atom. The lowest BCUT2D eigenvalue weighted by molar-refractivity contribution is -0.133. The normalized spacial score (nSPS) is 20.9. The van der Waals surface area contributed by atoms with Crippen LogP contribution in [0.3, 0.4) is 0 Å². The SMILES string of the molecule is CCC1CC1n1c(SCC(=O)O)nc2cc(I)c(F)cc21. The standard InChI is InChI=1S/C14H14FIN2O2S/c1-2-7-3-11(7)18-12-4-8(15)9(16)5-10(12)17-14(18)21-6-13(19)20/h4-5,7,11H,2-3,6H2,1H3,(H,19,20). The molecule has 1 aromatic carbocycles. The van der Waals surface area contributed by atoms with E-state index in [1.807, 2.05) is 27.2 Å². The minimum Gasteiger partial charge on any atom is -0.481 e. The first-order valence-corrected chi connectivity index (χ1v) is 8.79. The summed E-state index contributed by atoms with van der Waals surface area (Å²) in [5.41, 5.74) is 1.50. The first-order chi connectivity index (χ1) is 10.0. The number of carboxylic acid groups (broad SMARTS) is 1. The van der Waals surface area contributed by atoms with E-state index < -0.39 is 5.97 Å². The fraction of sp³-hybridized carbons (Fsp3) is 0.429. The second-order valence-electron chi connectivity index (χ2n) is 5.17. The third kappa shape index (κ3) is 2.90. The molecule has 0 aliphatic heterocycles. The number of aliphatic carboxylic acids is 1. The van der Waals surface area contributed by atoms with E-state index in [0.717, 1.165) is 23.9 Å². The predicted molar refractivity (Wildman–Crippen MR) is 88.2 cm³/mol. The Labute approximate surface area is 139 Å². The minimum atomic E-state index is -0.873. The molecular formula is C14H14FIN2O2S. The molecule has 7 heteroatoms. The average molecular weight is 420 g/mol. The molecule has 2 atom stereocenters. The van der Waals surface area contributed by atoms with Crippen LogP contribution in [0.15, 0.2) is 17.3 Å². The summed E-state index contributed by atoms with van der Waals surface area (Å²) < 4.78 is 16.4. The lowest BCUT2D eigenvalue weighted by Gasteiger charge is -2.07. The van der Waals surface area contributed by atoms with Gasteiger partial charge in [0.25, 0.3) is 0 Å². The number of hydrogen-bond donors (Lipinski definition) is 1. The fourth-order valence-electron chi connectivity index (χ4n) is 2.60. The summed E-state index contributed by atoms with van der Waals surface area (Å²) in [5, 5.41) is 9.54. The van der Waals surface area contributed by atoms with Crippen LogP contribution in [0.5, 0.6) is 0 Å². The van der Waals surface area contributed by atoms with E-state index >= 15 is 0 Å². The molecule has 1 fully saturated rings. The highest BCUT2D eigenvalue weighted by molar-refractivity contribution is 14.1. The van der Waals surface area contributed by atoms with Gasteiger partial charge in [0, 0.05) is 12.1 Å². The highest BCUT2D eigenvalue weighted by Gasteiger charge is 2.39. The summed E-state index contributed by atoms with van der Waals surface area (Å²) in [6.45, 7) is 2.14. The van der Waals surface area contributed by atoms with Crippen LogP contribution in [0, 0.1) is 15.3 Å². The van der Waals surface area contributed by atoms with Crippen LogP contribution in [-0.4, -0.2) is 26.4 Å². The van der Waals surface area contributed by atoms with Gasteiger partial charge in [-0.3, -0.25) is 4.79 Å². The van der Waals surface area contributed by atoms with Gasteiger partial charge in [-0.05, 0) is 41.0 Å². The molecular weight excluding hydrogens is 406 g/mol. The van der Waals surface area contributed by atoms with Crippen molar-refractivity contribution in [1.29, 1.82) is 0 Å². The molecule has 4 nitrogen and oxygen atoms in total. The summed E-state index contributed by atoms with van der Waals surface area (Å²) in [5.74, 6) is -0.587. The minimum absolute atomic E-state index is 0.0353. The van der Waals surface area contributed by atoms with Gasteiger partial charge in [-0.2, -0.15) is 0 Å². The molecule has 2 aromatic rings. The monoisotopic (exact) mass is 420 g/mol. The molecule has 1 N–H and O–H groups in total. The lowest BCUT2D eigenvalue weighted by Crippen LogP contribution is -2.03. The van der Waals surface area contributed by atoms with Gasteiger partial charge >= 0.3 is 5.97 Å². The van der Waals surface area contributed by atoms with Gasteiger partial charge in [0.05, 0.1) is 20.4 Å². The van der Waals surface area contributed by atoms with E-state index in [0.29, 0.717) is 20.7 Å². The van der Waals surface area contributed by atoms with Crippen LogP contribution in [0.4, 0.5) is 4.39 Å². The molecule has 1 aliphatic carbocycles. The number of imidazole rings is 1. The fourth-order valence-corrected chi connectivity index (χ4v) is 3.84. The van der Waals surface area contributed by atoms with Crippen molar-refractivity contribution in [2.75, 3.05) is 5.75 Å². The van der Waals surface area contributed by atoms with Gasteiger partial charge in [0.1, 0.15) is 5.82 Å².